The molecule has 4 nitrogen and oxygen atoms in total. The molecule has 0 bridgehead atoms. The van der Waals surface area contributed by atoms with Crippen molar-refractivity contribution in [3.05, 3.63) is 31.8 Å². The Labute approximate surface area is 128 Å². The van der Waals surface area contributed by atoms with Crippen LogP contribution >= 0.6 is 39.1 Å². The Balaban J connectivity index is 2.43. The van der Waals surface area contributed by atoms with Crippen molar-refractivity contribution in [3.8, 4) is 0 Å². The number of nitrogen functional groups attached to an aromatic ring is 1. The van der Waals surface area contributed by atoms with E-state index in [1.807, 2.05) is 6.07 Å². The lowest BCUT2D eigenvalue weighted by molar-refractivity contribution is 0.110. The highest BCUT2D eigenvalue weighted by Gasteiger charge is 2.21. The van der Waals surface area contributed by atoms with E-state index in [9.17, 15) is 0 Å². The predicted molar refractivity (Wildman–Crippen MR) is 80.6 cm³/mol. The van der Waals surface area contributed by atoms with Crippen LogP contribution in [0.15, 0.2) is 10.5 Å². The quantitative estimate of drug-likeness (QED) is 0.461. The fourth-order valence-electron chi connectivity index (χ4n) is 2.26. The van der Waals surface area contributed by atoms with E-state index < -0.39 is 0 Å². The fourth-order valence-corrected chi connectivity index (χ4v) is 3.20. The number of hydrazine groups is 1. The van der Waals surface area contributed by atoms with Gasteiger partial charge in [-0.05, 0) is 22.0 Å². The smallest absolute Gasteiger partial charge is 0.0929 e. The van der Waals surface area contributed by atoms with Crippen LogP contribution < -0.4 is 11.3 Å². The molecule has 1 aromatic carbocycles. The van der Waals surface area contributed by atoms with Gasteiger partial charge in [-0.3, -0.25) is 10.8 Å². The summed E-state index contributed by atoms with van der Waals surface area (Å²) in [5.74, 6) is 5.65. The van der Waals surface area contributed by atoms with E-state index in [1.165, 1.54) is 0 Å². The highest BCUT2D eigenvalue weighted by atomic mass is 79.9. The van der Waals surface area contributed by atoms with Gasteiger partial charge in [-0.2, -0.15) is 0 Å². The van der Waals surface area contributed by atoms with Crippen molar-refractivity contribution in [2.24, 2.45) is 5.84 Å². The third kappa shape index (κ3) is 2.10. The first kappa shape index (κ1) is 13.4. The average Bonchev–Trinajstić information content (AvgIpc) is 2.43. The first-order valence-electron chi connectivity index (χ1n) is 5.66. The minimum absolute atomic E-state index is 0.428. The third-order valence-corrected chi connectivity index (χ3v) is 4.89. The van der Waals surface area contributed by atoms with Crippen molar-refractivity contribution in [1.82, 2.24) is 4.98 Å². The number of pyridine rings is 1. The van der Waals surface area contributed by atoms with Gasteiger partial charge >= 0.3 is 0 Å². The van der Waals surface area contributed by atoms with Crippen LogP contribution in [-0.2, 0) is 17.8 Å². The molecule has 0 saturated heterocycles. The highest BCUT2D eigenvalue weighted by molar-refractivity contribution is 9.10. The van der Waals surface area contributed by atoms with Crippen molar-refractivity contribution in [2.75, 3.05) is 12.0 Å². The molecule has 3 rings (SSSR count). The van der Waals surface area contributed by atoms with Gasteiger partial charge in [-0.15, -0.1) is 0 Å². The first-order chi connectivity index (χ1) is 9.13. The summed E-state index contributed by atoms with van der Waals surface area (Å²) in [6.45, 7) is 1.15. The Morgan fingerprint density at radius 1 is 1.37 bits per heavy atom. The van der Waals surface area contributed by atoms with E-state index in [4.69, 9.17) is 33.8 Å². The molecular weight excluding hydrogens is 353 g/mol. The minimum Gasteiger partial charge on any atom is -0.376 e. The summed E-state index contributed by atoms with van der Waals surface area (Å²) >= 11 is 15.8. The van der Waals surface area contributed by atoms with E-state index in [-0.39, 0.29) is 0 Å². The van der Waals surface area contributed by atoms with E-state index in [0.29, 0.717) is 33.2 Å². The standard InChI is InChI=1S/C12H10BrCl2N3O/c13-7-3-5-11(18-16)6-4-19-2-1-8(6)17-12(5)10(15)9(7)14/h3H,1-2,4,16H2,(H,17,18). The Bertz CT molecular complexity index is 678. The molecule has 0 atom stereocenters. The van der Waals surface area contributed by atoms with Crippen LogP contribution in [0.3, 0.4) is 0 Å². The maximum atomic E-state index is 6.28. The summed E-state index contributed by atoms with van der Waals surface area (Å²) in [4.78, 5) is 4.61. The third-order valence-electron chi connectivity index (χ3n) is 3.18. The second-order valence-electron chi connectivity index (χ2n) is 4.24. The summed E-state index contributed by atoms with van der Waals surface area (Å²) in [6.07, 6.45) is 0.740. The maximum absolute atomic E-state index is 6.28. The largest absolute Gasteiger partial charge is 0.376 e. The Hall–Kier alpha value is -0.590. The monoisotopic (exact) mass is 361 g/mol. The Morgan fingerprint density at radius 2 is 2.16 bits per heavy atom. The normalized spacial score (nSPS) is 14.5. The van der Waals surface area contributed by atoms with Gasteiger partial charge in [0.1, 0.15) is 0 Å². The molecule has 0 aliphatic carbocycles. The van der Waals surface area contributed by atoms with E-state index in [2.05, 4.69) is 26.3 Å². The van der Waals surface area contributed by atoms with Crippen LogP contribution in [-0.4, -0.2) is 11.6 Å². The molecule has 2 heterocycles. The first-order valence-corrected chi connectivity index (χ1v) is 7.21. The zero-order chi connectivity index (χ0) is 13.6. The molecule has 2 aromatic rings. The summed E-state index contributed by atoms with van der Waals surface area (Å²) < 4.78 is 6.18. The second-order valence-corrected chi connectivity index (χ2v) is 5.85. The van der Waals surface area contributed by atoms with Crippen molar-refractivity contribution in [1.29, 1.82) is 0 Å². The molecule has 1 aliphatic heterocycles. The van der Waals surface area contributed by atoms with Crippen molar-refractivity contribution in [2.45, 2.75) is 13.0 Å². The molecule has 7 heteroatoms. The van der Waals surface area contributed by atoms with Gasteiger partial charge in [0.25, 0.3) is 0 Å². The van der Waals surface area contributed by atoms with Gasteiger partial charge in [-0.1, -0.05) is 23.2 Å². The summed E-state index contributed by atoms with van der Waals surface area (Å²) in [7, 11) is 0. The summed E-state index contributed by atoms with van der Waals surface area (Å²) in [5, 5.41) is 1.71. The second kappa shape index (κ2) is 5.07. The van der Waals surface area contributed by atoms with E-state index in [1.54, 1.807) is 0 Å². The molecule has 0 amide bonds. The number of fused-ring (bicyclic) bond motifs is 2. The van der Waals surface area contributed by atoms with Crippen LogP contribution in [0.2, 0.25) is 10.0 Å². The Morgan fingerprint density at radius 3 is 2.89 bits per heavy atom. The van der Waals surface area contributed by atoms with E-state index in [0.717, 1.165) is 28.8 Å². The molecular formula is C12H10BrCl2N3O. The number of rotatable bonds is 1. The van der Waals surface area contributed by atoms with Gasteiger partial charge in [-0.25, -0.2) is 0 Å². The minimum atomic E-state index is 0.428. The molecule has 3 N–H and O–H groups in total. The van der Waals surface area contributed by atoms with Gasteiger partial charge in [0.2, 0.25) is 0 Å². The molecule has 0 fully saturated rings. The number of aromatic nitrogens is 1. The van der Waals surface area contributed by atoms with Gasteiger partial charge in [0.05, 0.1) is 40.2 Å². The SMILES string of the molecule is NNc1c2c(nc3c(Cl)c(Cl)c(Br)cc13)CCOC2. The average molecular weight is 363 g/mol. The molecule has 1 aliphatic rings. The molecule has 1 aromatic heterocycles. The molecule has 19 heavy (non-hydrogen) atoms. The van der Waals surface area contributed by atoms with Crippen LogP contribution in [0.25, 0.3) is 10.9 Å². The lowest BCUT2D eigenvalue weighted by Crippen LogP contribution is -2.18. The number of halogens is 3. The van der Waals surface area contributed by atoms with Crippen LogP contribution in [0, 0.1) is 0 Å². The number of hydrogen-bond acceptors (Lipinski definition) is 4. The van der Waals surface area contributed by atoms with Gasteiger partial charge in [0.15, 0.2) is 0 Å². The van der Waals surface area contributed by atoms with Gasteiger partial charge in [0, 0.05) is 21.8 Å². The number of nitrogens with one attached hydrogen (secondary N) is 1. The summed E-state index contributed by atoms with van der Waals surface area (Å²) in [6, 6.07) is 1.86. The molecule has 0 saturated carbocycles. The molecule has 100 valence electrons. The highest BCUT2D eigenvalue weighted by Crippen LogP contribution is 2.40. The van der Waals surface area contributed by atoms with Crippen molar-refractivity contribution >= 4 is 55.7 Å². The molecule has 0 unspecified atom stereocenters. The van der Waals surface area contributed by atoms with Crippen LogP contribution in [0.5, 0.6) is 0 Å². The number of hydrogen-bond donors (Lipinski definition) is 2. The molecule has 0 spiro atoms. The van der Waals surface area contributed by atoms with Crippen LogP contribution in [0.4, 0.5) is 5.69 Å². The summed E-state index contributed by atoms with van der Waals surface area (Å²) in [5.41, 5.74) is 6.11. The number of benzene rings is 1. The van der Waals surface area contributed by atoms with Crippen molar-refractivity contribution in [3.63, 3.8) is 0 Å². The zero-order valence-electron chi connectivity index (χ0n) is 9.77. The lowest BCUT2D eigenvalue weighted by atomic mass is 10.0. The Kier molecular flexibility index (Phi) is 3.57. The molecule has 0 radical (unpaired) electrons. The number of nitrogens with zero attached hydrogens (tertiary/aromatic N) is 1. The zero-order valence-corrected chi connectivity index (χ0v) is 12.9. The van der Waals surface area contributed by atoms with Crippen LogP contribution in [0.1, 0.15) is 11.3 Å². The van der Waals surface area contributed by atoms with E-state index >= 15 is 0 Å². The number of ether oxygens (including phenoxy) is 1. The predicted octanol–water partition coefficient (Wildman–Crippen LogP) is 3.66. The number of nitrogens with two attached hydrogens (primary N) is 1. The number of anilines is 1. The van der Waals surface area contributed by atoms with Gasteiger partial charge < -0.3 is 10.2 Å². The van der Waals surface area contributed by atoms with Crippen molar-refractivity contribution < 1.29 is 4.74 Å². The lowest BCUT2D eigenvalue weighted by Gasteiger charge is -2.21. The topological polar surface area (TPSA) is 60.2 Å². The maximum Gasteiger partial charge on any atom is 0.0929 e. The fraction of sp³-hybridized carbons (Fsp3) is 0.250.